The van der Waals surface area contributed by atoms with Gasteiger partial charge in [0, 0.05) is 7.05 Å². The molecule has 0 saturated carbocycles. The number of hydrogen-bond acceptors (Lipinski definition) is 6. The van der Waals surface area contributed by atoms with Crippen molar-refractivity contribution in [3.63, 3.8) is 0 Å². The van der Waals surface area contributed by atoms with Gasteiger partial charge in [-0.2, -0.15) is 5.10 Å². The van der Waals surface area contributed by atoms with Crippen molar-refractivity contribution in [2.24, 2.45) is 12.8 Å². The fourth-order valence-corrected chi connectivity index (χ4v) is 1.59. The fourth-order valence-electron chi connectivity index (χ4n) is 1.59. The van der Waals surface area contributed by atoms with E-state index in [1.807, 2.05) is 12.2 Å². The van der Waals surface area contributed by atoms with Gasteiger partial charge in [-0.1, -0.05) is 6.92 Å². The predicted octanol–water partition coefficient (Wildman–Crippen LogP) is -0.695. The molecule has 1 heterocycles. The van der Waals surface area contributed by atoms with Gasteiger partial charge in [-0.05, 0) is 13.3 Å². The van der Waals surface area contributed by atoms with Gasteiger partial charge in [-0.15, -0.1) is 0 Å². The first-order valence-electron chi connectivity index (χ1n) is 5.90. The Hall–Kier alpha value is -2.58. The largest absolute Gasteiger partial charge is 0.448 e. The molecule has 0 aliphatic rings. The second-order valence-corrected chi connectivity index (χ2v) is 4.09. The molecular weight excluding hydrogens is 266 g/mol. The zero-order valence-corrected chi connectivity index (χ0v) is 11.5. The maximum atomic E-state index is 12.0. The van der Waals surface area contributed by atoms with Gasteiger partial charge in [-0.3, -0.25) is 14.8 Å². The van der Waals surface area contributed by atoms with E-state index in [1.165, 1.54) is 11.6 Å². The lowest BCUT2D eigenvalue weighted by molar-refractivity contribution is -0.127. The Morgan fingerprint density at radius 3 is 2.50 bits per heavy atom. The Morgan fingerprint density at radius 2 is 2.05 bits per heavy atom. The standard InChI is InChI=1S/C11H17N5O4/c1-4-6-7(12)8(16(3)15-6)10(18)20-5(2)9(17)14-11(13)19/h5H,4,12H2,1-3H3,(H3,13,14,17,19). The predicted molar refractivity (Wildman–Crippen MR) is 69.6 cm³/mol. The number of nitrogens with one attached hydrogen (secondary N) is 1. The number of nitrogen functional groups attached to an aromatic ring is 1. The zero-order valence-electron chi connectivity index (χ0n) is 11.5. The van der Waals surface area contributed by atoms with Crippen LogP contribution < -0.4 is 16.8 Å². The highest BCUT2D eigenvalue weighted by Gasteiger charge is 2.25. The van der Waals surface area contributed by atoms with E-state index in [9.17, 15) is 14.4 Å². The summed E-state index contributed by atoms with van der Waals surface area (Å²) in [5.41, 5.74) is 11.4. The number of primary amides is 1. The van der Waals surface area contributed by atoms with Crippen LogP contribution in [-0.2, 0) is 23.0 Å². The molecule has 0 bridgehead atoms. The highest BCUT2D eigenvalue weighted by Crippen LogP contribution is 2.18. The number of carbonyl (C=O) groups excluding carboxylic acids is 3. The highest BCUT2D eigenvalue weighted by atomic mass is 16.5. The first kappa shape index (κ1) is 15.5. The van der Waals surface area contributed by atoms with Gasteiger partial charge in [0.05, 0.1) is 11.4 Å². The maximum absolute atomic E-state index is 12.0. The molecule has 20 heavy (non-hydrogen) atoms. The molecule has 1 rings (SSSR count). The Bertz CT molecular complexity index is 551. The Morgan fingerprint density at radius 1 is 1.45 bits per heavy atom. The van der Waals surface area contributed by atoms with Gasteiger partial charge >= 0.3 is 12.0 Å². The number of nitrogens with two attached hydrogens (primary N) is 2. The molecule has 1 unspecified atom stereocenters. The molecular formula is C11H17N5O4. The summed E-state index contributed by atoms with van der Waals surface area (Å²) in [7, 11) is 1.54. The summed E-state index contributed by atoms with van der Waals surface area (Å²) in [6.07, 6.45) is -0.626. The van der Waals surface area contributed by atoms with Gasteiger partial charge < -0.3 is 16.2 Å². The van der Waals surface area contributed by atoms with Crippen molar-refractivity contribution in [1.29, 1.82) is 0 Å². The van der Waals surface area contributed by atoms with Gasteiger partial charge in [0.15, 0.2) is 11.8 Å². The number of ether oxygens (including phenoxy) is 1. The molecule has 1 atom stereocenters. The van der Waals surface area contributed by atoms with E-state index >= 15 is 0 Å². The minimum absolute atomic E-state index is 0.0561. The highest BCUT2D eigenvalue weighted by molar-refractivity contribution is 5.99. The van der Waals surface area contributed by atoms with Crippen LogP contribution in [0.25, 0.3) is 0 Å². The van der Waals surface area contributed by atoms with Crippen molar-refractivity contribution >= 4 is 23.6 Å². The number of rotatable bonds is 4. The van der Waals surface area contributed by atoms with Gasteiger partial charge in [0.1, 0.15) is 0 Å². The van der Waals surface area contributed by atoms with E-state index in [2.05, 4.69) is 5.10 Å². The molecule has 9 nitrogen and oxygen atoms in total. The van der Waals surface area contributed by atoms with Crippen molar-refractivity contribution in [2.45, 2.75) is 26.4 Å². The molecule has 0 spiro atoms. The number of esters is 1. The summed E-state index contributed by atoms with van der Waals surface area (Å²) in [5.74, 6) is -1.62. The van der Waals surface area contributed by atoms with Crippen molar-refractivity contribution < 1.29 is 19.1 Å². The first-order chi connectivity index (χ1) is 9.27. The molecule has 0 aliphatic heterocycles. The molecule has 110 valence electrons. The number of anilines is 1. The minimum Gasteiger partial charge on any atom is -0.448 e. The molecule has 0 aromatic carbocycles. The maximum Gasteiger partial charge on any atom is 0.359 e. The molecule has 1 aromatic rings. The van der Waals surface area contributed by atoms with Crippen LogP contribution in [0.1, 0.15) is 30.0 Å². The lowest BCUT2D eigenvalue weighted by atomic mass is 10.2. The number of urea groups is 1. The average Bonchev–Trinajstić information content (AvgIpc) is 2.63. The molecule has 1 aromatic heterocycles. The smallest absolute Gasteiger partial charge is 0.359 e. The van der Waals surface area contributed by atoms with Crippen LogP contribution in [0, 0.1) is 0 Å². The van der Waals surface area contributed by atoms with Gasteiger partial charge in [-0.25, -0.2) is 9.59 Å². The second kappa shape index (κ2) is 6.04. The molecule has 0 radical (unpaired) electrons. The van der Waals surface area contributed by atoms with E-state index in [4.69, 9.17) is 16.2 Å². The third-order valence-corrected chi connectivity index (χ3v) is 2.59. The molecule has 9 heteroatoms. The SMILES string of the molecule is CCc1nn(C)c(C(=O)OC(C)C(=O)NC(N)=O)c1N. The lowest BCUT2D eigenvalue weighted by Gasteiger charge is -2.12. The average molecular weight is 283 g/mol. The molecule has 0 saturated heterocycles. The van der Waals surface area contributed by atoms with E-state index in [-0.39, 0.29) is 11.4 Å². The van der Waals surface area contributed by atoms with Crippen LogP contribution in [0.3, 0.4) is 0 Å². The topological polar surface area (TPSA) is 142 Å². The molecule has 3 amide bonds. The van der Waals surface area contributed by atoms with Crippen LogP contribution in [-0.4, -0.2) is 33.8 Å². The number of hydrogen-bond donors (Lipinski definition) is 3. The van der Waals surface area contributed by atoms with Crippen molar-refractivity contribution in [3.05, 3.63) is 11.4 Å². The Balaban J connectivity index is 2.84. The Kier molecular flexibility index (Phi) is 4.68. The second-order valence-electron chi connectivity index (χ2n) is 4.09. The molecule has 0 fully saturated rings. The first-order valence-corrected chi connectivity index (χ1v) is 5.90. The number of carbonyl (C=O) groups is 3. The summed E-state index contributed by atoms with van der Waals surface area (Å²) < 4.78 is 6.21. The van der Waals surface area contributed by atoms with Crippen molar-refractivity contribution in [3.8, 4) is 0 Å². The third-order valence-electron chi connectivity index (χ3n) is 2.59. The van der Waals surface area contributed by atoms with Crippen LogP contribution in [0.15, 0.2) is 0 Å². The summed E-state index contributed by atoms with van der Waals surface area (Å²) in [6, 6.07) is -1.02. The third kappa shape index (κ3) is 3.25. The summed E-state index contributed by atoms with van der Waals surface area (Å²) in [5, 5.41) is 5.88. The quantitative estimate of drug-likeness (QED) is 0.624. The van der Waals surface area contributed by atoms with Crippen LogP contribution in [0.2, 0.25) is 0 Å². The number of aromatic nitrogens is 2. The number of imide groups is 1. The number of nitrogens with zero attached hydrogens (tertiary/aromatic N) is 2. The summed E-state index contributed by atoms with van der Waals surface area (Å²) in [4.78, 5) is 33.9. The van der Waals surface area contributed by atoms with Crippen molar-refractivity contribution in [1.82, 2.24) is 15.1 Å². The number of aryl methyl sites for hydroxylation is 2. The number of amides is 3. The summed E-state index contributed by atoms with van der Waals surface area (Å²) >= 11 is 0. The zero-order chi connectivity index (χ0) is 15.4. The van der Waals surface area contributed by atoms with E-state index < -0.39 is 24.0 Å². The lowest BCUT2D eigenvalue weighted by Crippen LogP contribution is -2.42. The van der Waals surface area contributed by atoms with E-state index in [0.717, 1.165) is 0 Å². The Labute approximate surface area is 115 Å². The van der Waals surface area contributed by atoms with Crippen LogP contribution in [0.5, 0.6) is 0 Å². The normalized spacial score (nSPS) is 11.8. The van der Waals surface area contributed by atoms with Gasteiger partial charge in [0.25, 0.3) is 5.91 Å². The molecule has 0 aliphatic carbocycles. The molecule has 5 N–H and O–H groups in total. The van der Waals surface area contributed by atoms with Crippen molar-refractivity contribution in [2.75, 3.05) is 5.73 Å². The fraction of sp³-hybridized carbons (Fsp3) is 0.455. The van der Waals surface area contributed by atoms with Crippen LogP contribution in [0.4, 0.5) is 10.5 Å². The van der Waals surface area contributed by atoms with Gasteiger partial charge in [0.2, 0.25) is 0 Å². The van der Waals surface area contributed by atoms with E-state index in [0.29, 0.717) is 12.1 Å². The summed E-state index contributed by atoms with van der Waals surface area (Å²) in [6.45, 7) is 3.15. The van der Waals surface area contributed by atoms with Crippen LogP contribution >= 0.6 is 0 Å². The minimum atomic E-state index is -1.19. The monoisotopic (exact) mass is 283 g/mol. The van der Waals surface area contributed by atoms with E-state index in [1.54, 1.807) is 7.05 Å².